The van der Waals surface area contributed by atoms with E-state index in [0.717, 1.165) is 12.1 Å². The SMILES string of the molecule is CC1CN(C)C(C)CC1Nc1cccc2[nH]ncc12. The maximum absolute atomic E-state index is 4.13. The number of rotatable bonds is 2. The molecule has 1 aromatic carbocycles. The van der Waals surface area contributed by atoms with Gasteiger partial charge in [-0.05, 0) is 38.4 Å². The molecule has 2 N–H and O–H groups in total. The fraction of sp³-hybridized carbons (Fsp3) is 0.533. The van der Waals surface area contributed by atoms with E-state index in [-0.39, 0.29) is 0 Å². The number of aromatic nitrogens is 2. The summed E-state index contributed by atoms with van der Waals surface area (Å²) in [5, 5.41) is 12.1. The van der Waals surface area contributed by atoms with Gasteiger partial charge in [0.15, 0.2) is 0 Å². The third-order valence-electron chi connectivity index (χ3n) is 4.44. The van der Waals surface area contributed by atoms with Crippen LogP contribution in [0.25, 0.3) is 10.9 Å². The Hall–Kier alpha value is -1.55. The lowest BCUT2D eigenvalue weighted by atomic mass is 9.89. The van der Waals surface area contributed by atoms with Crippen molar-refractivity contribution in [2.75, 3.05) is 18.9 Å². The van der Waals surface area contributed by atoms with E-state index in [1.165, 1.54) is 17.5 Å². The van der Waals surface area contributed by atoms with Crippen molar-refractivity contribution in [2.45, 2.75) is 32.4 Å². The van der Waals surface area contributed by atoms with E-state index in [9.17, 15) is 0 Å². The molecule has 2 heterocycles. The Bertz CT molecular complexity index is 562. The van der Waals surface area contributed by atoms with Gasteiger partial charge in [-0.1, -0.05) is 13.0 Å². The van der Waals surface area contributed by atoms with Crippen LogP contribution in [0.5, 0.6) is 0 Å². The number of hydrogen-bond donors (Lipinski definition) is 2. The fourth-order valence-electron chi connectivity index (χ4n) is 3.04. The number of hydrogen-bond acceptors (Lipinski definition) is 3. The Morgan fingerprint density at radius 1 is 1.37 bits per heavy atom. The molecule has 1 aliphatic heterocycles. The van der Waals surface area contributed by atoms with E-state index in [2.05, 4.69) is 59.5 Å². The van der Waals surface area contributed by atoms with E-state index in [0.29, 0.717) is 18.0 Å². The van der Waals surface area contributed by atoms with Crippen LogP contribution in [0.15, 0.2) is 24.4 Å². The van der Waals surface area contributed by atoms with Crippen molar-refractivity contribution in [3.63, 3.8) is 0 Å². The van der Waals surface area contributed by atoms with Gasteiger partial charge in [0, 0.05) is 29.7 Å². The molecular weight excluding hydrogens is 236 g/mol. The molecule has 1 aromatic heterocycles. The van der Waals surface area contributed by atoms with Gasteiger partial charge in [-0.25, -0.2) is 0 Å². The van der Waals surface area contributed by atoms with Crippen molar-refractivity contribution in [1.29, 1.82) is 0 Å². The summed E-state index contributed by atoms with van der Waals surface area (Å²) < 4.78 is 0. The summed E-state index contributed by atoms with van der Waals surface area (Å²) in [5.74, 6) is 0.656. The van der Waals surface area contributed by atoms with Gasteiger partial charge in [-0.2, -0.15) is 5.10 Å². The number of nitrogens with one attached hydrogen (secondary N) is 2. The molecule has 0 aliphatic carbocycles. The van der Waals surface area contributed by atoms with Crippen molar-refractivity contribution >= 4 is 16.6 Å². The Balaban J connectivity index is 1.83. The Kier molecular flexibility index (Phi) is 3.19. The van der Waals surface area contributed by atoms with E-state index >= 15 is 0 Å². The molecule has 0 radical (unpaired) electrons. The summed E-state index contributed by atoms with van der Waals surface area (Å²) >= 11 is 0. The van der Waals surface area contributed by atoms with Crippen molar-refractivity contribution < 1.29 is 0 Å². The Labute approximate surface area is 114 Å². The molecule has 1 aliphatic rings. The van der Waals surface area contributed by atoms with Gasteiger partial charge in [0.1, 0.15) is 0 Å². The third kappa shape index (κ3) is 2.32. The average Bonchev–Trinajstić information content (AvgIpc) is 2.85. The van der Waals surface area contributed by atoms with E-state index < -0.39 is 0 Å². The molecule has 4 heteroatoms. The summed E-state index contributed by atoms with van der Waals surface area (Å²) in [6.45, 7) is 5.79. The molecule has 0 bridgehead atoms. The number of fused-ring (bicyclic) bond motifs is 1. The first-order chi connectivity index (χ1) is 9.15. The predicted octanol–water partition coefficient (Wildman–Crippen LogP) is 2.70. The first kappa shape index (κ1) is 12.5. The number of anilines is 1. The van der Waals surface area contributed by atoms with Crippen LogP contribution >= 0.6 is 0 Å². The Morgan fingerprint density at radius 2 is 2.21 bits per heavy atom. The summed E-state index contributed by atoms with van der Waals surface area (Å²) in [6.07, 6.45) is 3.09. The topological polar surface area (TPSA) is 44.0 Å². The lowest BCUT2D eigenvalue weighted by Crippen LogP contribution is -2.48. The molecule has 2 aromatic rings. The van der Waals surface area contributed by atoms with Crippen LogP contribution in [0.1, 0.15) is 20.3 Å². The monoisotopic (exact) mass is 258 g/mol. The molecule has 0 spiro atoms. The predicted molar refractivity (Wildman–Crippen MR) is 79.4 cm³/mol. The van der Waals surface area contributed by atoms with Crippen LogP contribution < -0.4 is 5.32 Å². The zero-order valence-corrected chi connectivity index (χ0v) is 11.9. The van der Waals surface area contributed by atoms with E-state index in [4.69, 9.17) is 0 Å². The molecule has 3 rings (SSSR count). The first-order valence-electron chi connectivity index (χ1n) is 7.04. The molecule has 102 valence electrons. The summed E-state index contributed by atoms with van der Waals surface area (Å²) in [7, 11) is 2.22. The molecule has 3 unspecified atom stereocenters. The van der Waals surface area contributed by atoms with Crippen LogP contribution in [0, 0.1) is 5.92 Å². The fourth-order valence-corrected chi connectivity index (χ4v) is 3.04. The van der Waals surface area contributed by atoms with Crippen molar-refractivity contribution in [2.24, 2.45) is 5.92 Å². The average molecular weight is 258 g/mol. The number of aromatic amines is 1. The highest BCUT2D eigenvalue weighted by molar-refractivity contribution is 5.90. The molecular formula is C15H22N4. The number of H-pyrrole nitrogens is 1. The maximum Gasteiger partial charge on any atom is 0.0671 e. The number of likely N-dealkylation sites (tertiary alicyclic amines) is 1. The van der Waals surface area contributed by atoms with Gasteiger partial charge in [0.05, 0.1) is 11.7 Å². The number of benzene rings is 1. The van der Waals surface area contributed by atoms with Gasteiger partial charge < -0.3 is 10.2 Å². The molecule has 19 heavy (non-hydrogen) atoms. The van der Waals surface area contributed by atoms with Gasteiger partial charge in [-0.3, -0.25) is 5.10 Å². The van der Waals surface area contributed by atoms with Gasteiger partial charge >= 0.3 is 0 Å². The van der Waals surface area contributed by atoms with E-state index in [1.807, 2.05) is 6.20 Å². The van der Waals surface area contributed by atoms with E-state index in [1.54, 1.807) is 0 Å². The molecule has 3 atom stereocenters. The van der Waals surface area contributed by atoms with Crippen molar-refractivity contribution in [3.05, 3.63) is 24.4 Å². The highest BCUT2D eigenvalue weighted by atomic mass is 15.2. The minimum Gasteiger partial charge on any atom is -0.381 e. The molecule has 1 fully saturated rings. The molecule has 1 saturated heterocycles. The zero-order chi connectivity index (χ0) is 13.4. The zero-order valence-electron chi connectivity index (χ0n) is 11.9. The summed E-state index contributed by atoms with van der Waals surface area (Å²) in [4.78, 5) is 2.45. The van der Waals surface area contributed by atoms with Gasteiger partial charge in [0.2, 0.25) is 0 Å². The number of nitrogens with zero attached hydrogens (tertiary/aromatic N) is 2. The standard InChI is InChI=1S/C15H22N4/c1-10-9-19(3)11(2)7-15(10)17-13-5-4-6-14-12(13)8-16-18-14/h4-6,8,10-11,15,17H,7,9H2,1-3H3,(H,16,18). The second-order valence-electron chi connectivity index (χ2n) is 5.89. The lowest BCUT2D eigenvalue weighted by Gasteiger charge is -2.40. The van der Waals surface area contributed by atoms with Gasteiger partial charge in [0.25, 0.3) is 0 Å². The molecule has 0 saturated carbocycles. The second kappa shape index (κ2) is 4.85. The quantitative estimate of drug-likeness (QED) is 0.870. The molecule has 0 amide bonds. The van der Waals surface area contributed by atoms with Crippen LogP contribution in [-0.4, -0.2) is 40.8 Å². The van der Waals surface area contributed by atoms with Crippen molar-refractivity contribution in [3.8, 4) is 0 Å². The minimum absolute atomic E-state index is 0.534. The summed E-state index contributed by atoms with van der Waals surface area (Å²) in [5.41, 5.74) is 2.29. The first-order valence-corrected chi connectivity index (χ1v) is 7.04. The van der Waals surface area contributed by atoms with Gasteiger partial charge in [-0.15, -0.1) is 0 Å². The highest BCUT2D eigenvalue weighted by Gasteiger charge is 2.28. The van der Waals surface area contributed by atoms with Crippen LogP contribution in [0.3, 0.4) is 0 Å². The highest BCUT2D eigenvalue weighted by Crippen LogP contribution is 2.27. The maximum atomic E-state index is 4.13. The molecule has 4 nitrogen and oxygen atoms in total. The smallest absolute Gasteiger partial charge is 0.0671 e. The third-order valence-corrected chi connectivity index (χ3v) is 4.44. The summed E-state index contributed by atoms with van der Waals surface area (Å²) in [6, 6.07) is 7.46. The van der Waals surface area contributed by atoms with Crippen LogP contribution in [0.4, 0.5) is 5.69 Å². The Morgan fingerprint density at radius 3 is 3.05 bits per heavy atom. The van der Waals surface area contributed by atoms with Crippen LogP contribution in [0.2, 0.25) is 0 Å². The van der Waals surface area contributed by atoms with Crippen molar-refractivity contribution in [1.82, 2.24) is 15.1 Å². The normalized spacial score (nSPS) is 28.7. The minimum atomic E-state index is 0.534. The number of piperidine rings is 1. The lowest BCUT2D eigenvalue weighted by molar-refractivity contribution is 0.146. The second-order valence-corrected chi connectivity index (χ2v) is 5.89. The largest absolute Gasteiger partial charge is 0.381 e. The van der Waals surface area contributed by atoms with Crippen LogP contribution in [-0.2, 0) is 0 Å².